The zero-order chi connectivity index (χ0) is 29.3. The van der Waals surface area contributed by atoms with E-state index in [1.165, 1.54) is 22.3 Å². The minimum atomic E-state index is -0.0500. The molecule has 2 unspecified atom stereocenters. The van der Waals surface area contributed by atoms with Gasteiger partial charge in [0.2, 0.25) is 0 Å². The van der Waals surface area contributed by atoms with Crippen molar-refractivity contribution in [3.8, 4) is 39.9 Å². The summed E-state index contributed by atoms with van der Waals surface area (Å²) in [5.74, 6) is 3.11. The van der Waals surface area contributed by atoms with Gasteiger partial charge in [-0.2, -0.15) is 0 Å². The fourth-order valence-corrected chi connectivity index (χ4v) is 7.21. The number of hydrogen-bond donors (Lipinski definition) is 0. The van der Waals surface area contributed by atoms with Crippen LogP contribution in [-0.4, -0.2) is 21.1 Å². The molecule has 0 N–H and O–H groups in total. The summed E-state index contributed by atoms with van der Waals surface area (Å²) in [4.78, 5) is 14.8. The van der Waals surface area contributed by atoms with Gasteiger partial charge in [-0.3, -0.25) is 0 Å². The Kier molecular flexibility index (Phi) is 5.61. The third-order valence-electron chi connectivity index (χ3n) is 10.2. The minimum Gasteiger partial charge on any atom is -0.484 e. The number of ether oxygens (including phenoxy) is 1. The minimum absolute atomic E-state index is 0.0239. The van der Waals surface area contributed by atoms with Crippen molar-refractivity contribution in [1.82, 2.24) is 15.0 Å². The predicted octanol–water partition coefficient (Wildman–Crippen LogP) is 9.05. The first kappa shape index (κ1) is 25.8. The fourth-order valence-electron chi connectivity index (χ4n) is 7.21. The summed E-state index contributed by atoms with van der Waals surface area (Å²) in [6.45, 7) is 9.58. The highest BCUT2D eigenvalue weighted by atomic mass is 16.5. The summed E-state index contributed by atoms with van der Waals surface area (Å²) in [7, 11) is 0. The molecule has 2 atom stereocenters. The van der Waals surface area contributed by atoms with Crippen LogP contribution >= 0.6 is 0 Å². The second kappa shape index (κ2) is 9.34. The van der Waals surface area contributed by atoms with Gasteiger partial charge in [0.1, 0.15) is 11.9 Å². The van der Waals surface area contributed by atoms with E-state index in [4.69, 9.17) is 19.7 Å². The molecule has 0 bridgehead atoms. The summed E-state index contributed by atoms with van der Waals surface area (Å²) in [5.41, 5.74) is 9.29. The van der Waals surface area contributed by atoms with Crippen LogP contribution in [0, 0.1) is 11.3 Å². The van der Waals surface area contributed by atoms with E-state index in [2.05, 4.69) is 82.3 Å². The Bertz CT molecular complexity index is 1900. The van der Waals surface area contributed by atoms with Crippen molar-refractivity contribution in [2.24, 2.45) is 11.3 Å². The lowest BCUT2D eigenvalue weighted by molar-refractivity contribution is 0.0673. The topological polar surface area (TPSA) is 47.9 Å². The molecule has 2 heterocycles. The van der Waals surface area contributed by atoms with Gasteiger partial charge in [0.25, 0.3) is 0 Å². The molecule has 5 aromatic rings. The first-order chi connectivity index (χ1) is 20.8. The van der Waals surface area contributed by atoms with Crippen molar-refractivity contribution in [3.63, 3.8) is 0 Å². The summed E-state index contributed by atoms with van der Waals surface area (Å²) in [6.07, 6.45) is 4.56. The van der Waals surface area contributed by atoms with E-state index in [0.717, 1.165) is 28.0 Å². The zero-order valence-electron chi connectivity index (χ0n) is 24.9. The van der Waals surface area contributed by atoms with E-state index in [-0.39, 0.29) is 22.9 Å². The summed E-state index contributed by atoms with van der Waals surface area (Å²) >= 11 is 0. The lowest BCUT2D eigenvalue weighted by Gasteiger charge is -2.55. The van der Waals surface area contributed by atoms with E-state index in [9.17, 15) is 0 Å². The van der Waals surface area contributed by atoms with E-state index >= 15 is 0 Å². The van der Waals surface area contributed by atoms with Crippen molar-refractivity contribution < 1.29 is 4.74 Å². The van der Waals surface area contributed by atoms with Crippen LogP contribution < -0.4 is 4.74 Å². The van der Waals surface area contributed by atoms with Gasteiger partial charge in [0.15, 0.2) is 17.5 Å². The standard InChI is InChI=1S/C39H33N3O/c1-38(2)31-18-12-11-17-27(31)28-20-21-29-30-23-26(19-22-32(30)43-34(29)33(28)39(38,3)4)37-41-35(24-13-7-5-8-14-24)40-36(42-37)25-15-9-6-10-16-25/h5-23,33-34H,1-4H3. The number of benzene rings is 4. The van der Waals surface area contributed by atoms with Gasteiger partial charge in [-0.05, 0) is 45.7 Å². The van der Waals surface area contributed by atoms with Gasteiger partial charge >= 0.3 is 0 Å². The number of fused-ring (bicyclic) bond motifs is 7. The molecule has 0 saturated carbocycles. The van der Waals surface area contributed by atoms with Crippen LogP contribution in [0.2, 0.25) is 0 Å². The molecule has 0 saturated heterocycles. The largest absolute Gasteiger partial charge is 0.484 e. The molecule has 1 aromatic heterocycles. The van der Waals surface area contributed by atoms with Crippen LogP contribution in [0.15, 0.2) is 115 Å². The molecule has 3 aliphatic rings. The highest BCUT2D eigenvalue weighted by Crippen LogP contribution is 2.62. The van der Waals surface area contributed by atoms with Crippen molar-refractivity contribution in [1.29, 1.82) is 0 Å². The molecule has 0 spiro atoms. The van der Waals surface area contributed by atoms with Crippen molar-refractivity contribution >= 4 is 11.1 Å². The molecule has 4 heteroatoms. The van der Waals surface area contributed by atoms with Crippen LogP contribution in [0.4, 0.5) is 0 Å². The summed E-state index contributed by atoms with van der Waals surface area (Å²) in [5, 5.41) is 0. The number of aromatic nitrogens is 3. The molecule has 0 radical (unpaired) electrons. The highest BCUT2D eigenvalue weighted by molar-refractivity contribution is 5.89. The van der Waals surface area contributed by atoms with Crippen LogP contribution in [0.1, 0.15) is 44.4 Å². The number of hydrogen-bond acceptors (Lipinski definition) is 4. The lowest BCUT2D eigenvalue weighted by Crippen LogP contribution is -2.52. The van der Waals surface area contributed by atoms with Crippen molar-refractivity contribution in [3.05, 3.63) is 132 Å². The molecular formula is C39H33N3O. The van der Waals surface area contributed by atoms with E-state index in [1.54, 1.807) is 0 Å². The molecule has 43 heavy (non-hydrogen) atoms. The Hall–Kier alpha value is -4.83. The Morgan fingerprint density at radius 1 is 0.558 bits per heavy atom. The maximum absolute atomic E-state index is 6.84. The van der Waals surface area contributed by atoms with Crippen LogP contribution in [-0.2, 0) is 5.41 Å². The van der Waals surface area contributed by atoms with Gasteiger partial charge < -0.3 is 4.74 Å². The van der Waals surface area contributed by atoms with Gasteiger partial charge in [0, 0.05) is 33.7 Å². The SMILES string of the molecule is CC1(C)c2ccccc2C2=CC=C3c4cc(-c5nc(-c6ccccc6)nc(-c6ccccc6)n5)ccc4OC3C2C1(C)C. The van der Waals surface area contributed by atoms with E-state index in [0.29, 0.717) is 17.5 Å². The normalized spacial score (nSPS) is 20.5. The van der Waals surface area contributed by atoms with Crippen LogP contribution in [0.5, 0.6) is 5.75 Å². The molecule has 4 nitrogen and oxygen atoms in total. The Labute approximate surface area is 252 Å². The molecule has 1 aliphatic heterocycles. The van der Waals surface area contributed by atoms with Crippen LogP contribution in [0.25, 0.3) is 45.3 Å². The molecule has 2 aliphatic carbocycles. The average molecular weight is 560 g/mol. The predicted molar refractivity (Wildman–Crippen MR) is 173 cm³/mol. The van der Waals surface area contributed by atoms with E-state index in [1.807, 2.05) is 60.7 Å². The third kappa shape index (κ3) is 3.86. The average Bonchev–Trinajstić information content (AvgIpc) is 3.42. The Morgan fingerprint density at radius 2 is 1.12 bits per heavy atom. The molecule has 0 fully saturated rings. The molecule has 8 rings (SSSR count). The highest BCUT2D eigenvalue weighted by Gasteiger charge is 2.56. The maximum Gasteiger partial charge on any atom is 0.164 e. The van der Waals surface area contributed by atoms with Gasteiger partial charge in [-0.1, -0.05) is 125 Å². The number of allylic oxidation sites excluding steroid dienone is 2. The molecular weight excluding hydrogens is 526 g/mol. The maximum atomic E-state index is 6.84. The lowest BCUT2D eigenvalue weighted by atomic mass is 9.49. The van der Waals surface area contributed by atoms with Crippen molar-refractivity contribution in [2.75, 3.05) is 0 Å². The van der Waals surface area contributed by atoms with Gasteiger partial charge in [0.05, 0.1) is 0 Å². The van der Waals surface area contributed by atoms with Crippen LogP contribution in [0.3, 0.4) is 0 Å². The zero-order valence-corrected chi connectivity index (χ0v) is 24.9. The number of rotatable bonds is 3. The summed E-state index contributed by atoms with van der Waals surface area (Å²) < 4.78 is 6.84. The second-order valence-electron chi connectivity index (χ2n) is 12.9. The first-order valence-electron chi connectivity index (χ1n) is 15.0. The Balaban J connectivity index is 1.25. The Morgan fingerprint density at radius 3 is 1.77 bits per heavy atom. The number of nitrogens with zero attached hydrogens (tertiary/aromatic N) is 3. The van der Waals surface area contributed by atoms with Gasteiger partial charge in [-0.25, -0.2) is 15.0 Å². The smallest absolute Gasteiger partial charge is 0.164 e. The molecule has 210 valence electrons. The molecule has 0 amide bonds. The summed E-state index contributed by atoms with van der Waals surface area (Å²) in [6, 6.07) is 35.5. The van der Waals surface area contributed by atoms with Gasteiger partial charge in [-0.15, -0.1) is 0 Å². The van der Waals surface area contributed by atoms with Crippen molar-refractivity contribution in [2.45, 2.75) is 39.2 Å². The third-order valence-corrected chi connectivity index (χ3v) is 10.2. The monoisotopic (exact) mass is 559 g/mol. The fraction of sp³-hybridized carbons (Fsp3) is 0.205. The van der Waals surface area contributed by atoms with E-state index < -0.39 is 0 Å². The second-order valence-corrected chi connectivity index (χ2v) is 12.9. The molecule has 4 aromatic carbocycles. The first-order valence-corrected chi connectivity index (χ1v) is 15.0. The quantitative estimate of drug-likeness (QED) is 0.221.